The number of aryl methyl sites for hydroxylation is 2. The van der Waals surface area contributed by atoms with E-state index in [9.17, 15) is 4.79 Å². The summed E-state index contributed by atoms with van der Waals surface area (Å²) in [4.78, 5) is 12.2. The van der Waals surface area contributed by atoms with Crippen molar-refractivity contribution in [3.05, 3.63) is 47.2 Å². The SMILES string of the molecule is CCc1cccc(C(=O)c2cnn(C)c2N)c1. The zero-order valence-electron chi connectivity index (χ0n) is 9.97. The van der Waals surface area contributed by atoms with Crippen LogP contribution in [0, 0.1) is 0 Å². The van der Waals surface area contributed by atoms with E-state index in [4.69, 9.17) is 5.73 Å². The second kappa shape index (κ2) is 4.41. The van der Waals surface area contributed by atoms with Gasteiger partial charge in [0.1, 0.15) is 5.82 Å². The van der Waals surface area contributed by atoms with E-state index in [2.05, 4.69) is 12.0 Å². The molecule has 0 bridgehead atoms. The van der Waals surface area contributed by atoms with Gasteiger partial charge in [0.25, 0.3) is 0 Å². The number of carbonyl (C=O) groups is 1. The molecule has 0 radical (unpaired) electrons. The van der Waals surface area contributed by atoms with E-state index in [0.29, 0.717) is 16.9 Å². The summed E-state index contributed by atoms with van der Waals surface area (Å²) in [7, 11) is 1.72. The van der Waals surface area contributed by atoms with E-state index in [-0.39, 0.29) is 5.78 Å². The maximum Gasteiger partial charge on any atom is 0.198 e. The van der Waals surface area contributed by atoms with Crippen LogP contribution in [-0.2, 0) is 13.5 Å². The Bertz CT molecular complexity index is 558. The number of anilines is 1. The minimum atomic E-state index is -0.0779. The Morgan fingerprint density at radius 1 is 1.47 bits per heavy atom. The normalized spacial score (nSPS) is 10.5. The molecule has 1 aromatic heterocycles. The fraction of sp³-hybridized carbons (Fsp3) is 0.231. The van der Waals surface area contributed by atoms with E-state index in [1.807, 2.05) is 18.2 Å². The fourth-order valence-corrected chi connectivity index (χ4v) is 1.71. The maximum absolute atomic E-state index is 12.2. The summed E-state index contributed by atoms with van der Waals surface area (Å²) in [5, 5.41) is 3.98. The van der Waals surface area contributed by atoms with Crippen LogP contribution in [0.2, 0.25) is 0 Å². The lowest BCUT2D eigenvalue weighted by molar-refractivity contribution is 0.103. The minimum absolute atomic E-state index is 0.0779. The lowest BCUT2D eigenvalue weighted by Crippen LogP contribution is -2.06. The van der Waals surface area contributed by atoms with E-state index in [1.54, 1.807) is 13.1 Å². The molecule has 2 N–H and O–H groups in total. The van der Waals surface area contributed by atoms with Crippen LogP contribution >= 0.6 is 0 Å². The van der Waals surface area contributed by atoms with Gasteiger partial charge in [0.05, 0.1) is 11.8 Å². The molecule has 2 aromatic rings. The third-order valence-corrected chi connectivity index (χ3v) is 2.83. The van der Waals surface area contributed by atoms with Gasteiger partial charge in [-0.2, -0.15) is 5.10 Å². The molecule has 1 aromatic carbocycles. The second-order valence-electron chi connectivity index (χ2n) is 3.95. The van der Waals surface area contributed by atoms with Crippen molar-refractivity contribution in [2.24, 2.45) is 7.05 Å². The molecular weight excluding hydrogens is 214 g/mol. The smallest absolute Gasteiger partial charge is 0.198 e. The van der Waals surface area contributed by atoms with Crippen LogP contribution in [0.1, 0.15) is 28.4 Å². The Labute approximate surface area is 100 Å². The summed E-state index contributed by atoms with van der Waals surface area (Å²) < 4.78 is 1.50. The highest BCUT2D eigenvalue weighted by Crippen LogP contribution is 2.16. The average molecular weight is 229 g/mol. The number of rotatable bonds is 3. The molecule has 0 spiro atoms. The number of nitrogens with two attached hydrogens (primary N) is 1. The lowest BCUT2D eigenvalue weighted by atomic mass is 10.0. The van der Waals surface area contributed by atoms with Crippen molar-refractivity contribution in [3.8, 4) is 0 Å². The number of aromatic nitrogens is 2. The molecule has 0 unspecified atom stereocenters. The maximum atomic E-state index is 12.2. The van der Waals surface area contributed by atoms with Gasteiger partial charge in [-0.1, -0.05) is 25.1 Å². The minimum Gasteiger partial charge on any atom is -0.383 e. The van der Waals surface area contributed by atoms with Gasteiger partial charge < -0.3 is 5.73 Å². The highest BCUT2D eigenvalue weighted by Gasteiger charge is 2.15. The molecule has 17 heavy (non-hydrogen) atoms. The third-order valence-electron chi connectivity index (χ3n) is 2.83. The summed E-state index contributed by atoms with van der Waals surface area (Å²) >= 11 is 0. The molecule has 0 aliphatic rings. The highest BCUT2D eigenvalue weighted by molar-refractivity contribution is 6.11. The Morgan fingerprint density at radius 2 is 2.24 bits per heavy atom. The van der Waals surface area contributed by atoms with Gasteiger partial charge in [0.15, 0.2) is 5.78 Å². The number of hydrogen-bond donors (Lipinski definition) is 1. The van der Waals surface area contributed by atoms with E-state index in [1.165, 1.54) is 10.9 Å². The Morgan fingerprint density at radius 3 is 2.82 bits per heavy atom. The monoisotopic (exact) mass is 229 g/mol. The van der Waals surface area contributed by atoms with Gasteiger partial charge in [-0.05, 0) is 18.1 Å². The number of nitrogens with zero attached hydrogens (tertiary/aromatic N) is 2. The first-order valence-electron chi connectivity index (χ1n) is 5.54. The van der Waals surface area contributed by atoms with Gasteiger partial charge in [-0.15, -0.1) is 0 Å². The first-order valence-corrected chi connectivity index (χ1v) is 5.54. The Kier molecular flexibility index (Phi) is 2.95. The quantitative estimate of drug-likeness (QED) is 0.816. The molecule has 0 atom stereocenters. The molecule has 4 nitrogen and oxygen atoms in total. The van der Waals surface area contributed by atoms with Gasteiger partial charge in [-0.25, -0.2) is 0 Å². The lowest BCUT2D eigenvalue weighted by Gasteiger charge is -2.02. The van der Waals surface area contributed by atoms with E-state index in [0.717, 1.165) is 12.0 Å². The Hall–Kier alpha value is -2.10. The van der Waals surface area contributed by atoms with Crippen molar-refractivity contribution in [2.45, 2.75) is 13.3 Å². The zero-order valence-corrected chi connectivity index (χ0v) is 9.97. The van der Waals surface area contributed by atoms with Crippen LogP contribution < -0.4 is 5.73 Å². The fourth-order valence-electron chi connectivity index (χ4n) is 1.71. The summed E-state index contributed by atoms with van der Waals surface area (Å²) in [5.41, 5.74) is 8.04. The van der Waals surface area contributed by atoms with Crippen molar-refractivity contribution in [2.75, 3.05) is 5.73 Å². The van der Waals surface area contributed by atoms with Gasteiger partial charge >= 0.3 is 0 Å². The zero-order chi connectivity index (χ0) is 12.4. The number of ketones is 1. The predicted molar refractivity (Wildman–Crippen MR) is 66.9 cm³/mol. The van der Waals surface area contributed by atoms with Crippen LogP contribution in [-0.4, -0.2) is 15.6 Å². The molecule has 4 heteroatoms. The van der Waals surface area contributed by atoms with Gasteiger partial charge in [0, 0.05) is 12.6 Å². The number of carbonyl (C=O) groups excluding carboxylic acids is 1. The molecule has 0 amide bonds. The van der Waals surface area contributed by atoms with E-state index >= 15 is 0 Å². The molecule has 0 aliphatic heterocycles. The molecule has 0 saturated heterocycles. The summed E-state index contributed by atoms with van der Waals surface area (Å²) in [5.74, 6) is 0.322. The van der Waals surface area contributed by atoms with E-state index < -0.39 is 0 Å². The van der Waals surface area contributed by atoms with Gasteiger partial charge in [-0.3, -0.25) is 9.48 Å². The van der Waals surface area contributed by atoms with Crippen LogP contribution in [0.3, 0.4) is 0 Å². The number of nitrogen functional groups attached to an aromatic ring is 1. The van der Waals surface area contributed by atoms with Crippen molar-refractivity contribution in [3.63, 3.8) is 0 Å². The molecule has 0 aliphatic carbocycles. The van der Waals surface area contributed by atoms with Crippen molar-refractivity contribution in [1.82, 2.24) is 9.78 Å². The van der Waals surface area contributed by atoms with Crippen LogP contribution in [0.5, 0.6) is 0 Å². The summed E-state index contributed by atoms with van der Waals surface area (Å²) in [6, 6.07) is 7.59. The molecule has 88 valence electrons. The number of benzene rings is 1. The average Bonchev–Trinajstić information content (AvgIpc) is 2.69. The van der Waals surface area contributed by atoms with Crippen molar-refractivity contribution < 1.29 is 4.79 Å². The summed E-state index contributed by atoms with van der Waals surface area (Å²) in [6.07, 6.45) is 2.42. The molecule has 2 rings (SSSR count). The third kappa shape index (κ3) is 2.06. The second-order valence-corrected chi connectivity index (χ2v) is 3.95. The van der Waals surface area contributed by atoms with Crippen molar-refractivity contribution in [1.29, 1.82) is 0 Å². The van der Waals surface area contributed by atoms with Crippen LogP contribution in [0.25, 0.3) is 0 Å². The first kappa shape index (κ1) is 11.4. The van der Waals surface area contributed by atoms with Crippen LogP contribution in [0.15, 0.2) is 30.5 Å². The topological polar surface area (TPSA) is 60.9 Å². The van der Waals surface area contributed by atoms with Gasteiger partial charge in [0.2, 0.25) is 0 Å². The molecular formula is C13H15N3O. The molecule has 0 saturated carbocycles. The number of hydrogen-bond acceptors (Lipinski definition) is 3. The largest absolute Gasteiger partial charge is 0.383 e. The molecule has 1 heterocycles. The predicted octanol–water partition coefficient (Wildman–Crippen LogP) is 1.80. The first-order chi connectivity index (χ1) is 8.13. The van der Waals surface area contributed by atoms with Crippen molar-refractivity contribution >= 4 is 11.6 Å². The standard InChI is InChI=1S/C13H15N3O/c1-3-9-5-4-6-10(7-9)12(17)11-8-15-16(2)13(11)14/h4-8H,3,14H2,1-2H3. The van der Waals surface area contributed by atoms with Crippen LogP contribution in [0.4, 0.5) is 5.82 Å². The molecule has 0 fully saturated rings. The highest BCUT2D eigenvalue weighted by atomic mass is 16.1. The Balaban J connectivity index is 2.40. The summed E-state index contributed by atoms with van der Waals surface area (Å²) in [6.45, 7) is 2.06.